The van der Waals surface area contributed by atoms with Crippen molar-refractivity contribution < 1.29 is 27.4 Å². The number of fused-ring (bicyclic) bond motifs is 1. The van der Waals surface area contributed by atoms with Gasteiger partial charge in [0.25, 0.3) is 0 Å². The van der Waals surface area contributed by atoms with E-state index in [4.69, 9.17) is 18.9 Å². The van der Waals surface area contributed by atoms with Crippen molar-refractivity contribution in [3.8, 4) is 0 Å². The first kappa shape index (κ1) is 19.7. The van der Waals surface area contributed by atoms with Gasteiger partial charge in [0.1, 0.15) is 17.8 Å². The number of ether oxygens (including phenoxy) is 4. The molecule has 2 saturated heterocycles. The molecule has 0 saturated carbocycles. The highest BCUT2D eigenvalue weighted by molar-refractivity contribution is 7.89. The van der Waals surface area contributed by atoms with Crippen molar-refractivity contribution >= 4 is 10.0 Å². The van der Waals surface area contributed by atoms with E-state index in [0.717, 1.165) is 5.56 Å². The third-order valence-electron chi connectivity index (χ3n) is 4.87. The number of nitrogens with one attached hydrogen (secondary N) is 1. The second-order valence-corrected chi connectivity index (χ2v) is 9.11. The summed E-state index contributed by atoms with van der Waals surface area (Å²) in [6, 6.07) is 9.72. The maximum atomic E-state index is 12.3. The first-order chi connectivity index (χ1) is 12.2. The quantitative estimate of drug-likeness (QED) is 0.770. The van der Waals surface area contributed by atoms with E-state index in [1.807, 2.05) is 37.3 Å². The maximum Gasteiger partial charge on any atom is 0.214 e. The van der Waals surface area contributed by atoms with Crippen molar-refractivity contribution in [2.75, 3.05) is 12.8 Å². The fourth-order valence-corrected chi connectivity index (χ4v) is 4.78. The summed E-state index contributed by atoms with van der Waals surface area (Å²) in [5, 5.41) is 0. The van der Waals surface area contributed by atoms with Gasteiger partial charge in [-0.1, -0.05) is 37.3 Å². The van der Waals surface area contributed by atoms with E-state index in [2.05, 4.69) is 4.72 Å². The molecule has 1 N–H and O–H groups in total. The van der Waals surface area contributed by atoms with Crippen LogP contribution in [0.5, 0.6) is 0 Å². The molecule has 0 radical (unpaired) electrons. The van der Waals surface area contributed by atoms with Gasteiger partial charge in [-0.05, 0) is 32.9 Å². The van der Waals surface area contributed by atoms with Crippen LogP contribution in [-0.4, -0.2) is 51.1 Å². The Hall–Kier alpha value is -1.03. The number of rotatable bonds is 7. The molecule has 146 valence electrons. The predicted octanol–water partition coefficient (Wildman–Crippen LogP) is 1.78. The van der Waals surface area contributed by atoms with Crippen molar-refractivity contribution in [1.82, 2.24) is 4.72 Å². The first-order valence-electron chi connectivity index (χ1n) is 8.80. The molecule has 7 nitrogen and oxygen atoms in total. The van der Waals surface area contributed by atoms with E-state index in [1.165, 1.54) is 7.05 Å². The summed E-state index contributed by atoms with van der Waals surface area (Å²) in [4.78, 5) is 0. The monoisotopic (exact) mass is 385 g/mol. The Balaban J connectivity index is 1.87. The van der Waals surface area contributed by atoms with Crippen LogP contribution in [0.2, 0.25) is 0 Å². The standard InChI is InChI=1S/C18H27NO6S/c1-5-18(12-26(20,21)19-4)15(22-11-13-9-7-6-8-10-13)14-16(25-18)24-17(2,3)23-14/h6-10,14-16,19H,5,11-12H2,1-4H3/t14-,15?,16-,18-/m0/s1. The zero-order chi connectivity index (χ0) is 19.0. The first-order valence-corrected chi connectivity index (χ1v) is 10.5. The van der Waals surface area contributed by atoms with Gasteiger partial charge in [0.05, 0.1) is 12.4 Å². The van der Waals surface area contributed by atoms with Crippen LogP contribution in [0, 0.1) is 0 Å². The minimum atomic E-state index is -3.52. The number of hydrogen-bond donors (Lipinski definition) is 1. The van der Waals surface area contributed by atoms with Crippen LogP contribution in [-0.2, 0) is 35.6 Å². The van der Waals surface area contributed by atoms with Crippen LogP contribution in [0.25, 0.3) is 0 Å². The second-order valence-electron chi connectivity index (χ2n) is 7.19. The summed E-state index contributed by atoms with van der Waals surface area (Å²) >= 11 is 0. The molecule has 8 heteroatoms. The molecule has 1 aromatic rings. The molecule has 3 rings (SSSR count). The van der Waals surface area contributed by atoms with Crippen LogP contribution >= 0.6 is 0 Å². The van der Waals surface area contributed by atoms with Crippen molar-refractivity contribution in [2.24, 2.45) is 0 Å². The van der Waals surface area contributed by atoms with E-state index in [0.29, 0.717) is 13.0 Å². The Morgan fingerprint density at radius 2 is 1.85 bits per heavy atom. The van der Waals surface area contributed by atoms with Gasteiger partial charge in [-0.2, -0.15) is 0 Å². The zero-order valence-electron chi connectivity index (χ0n) is 15.6. The Kier molecular flexibility index (Phi) is 5.45. The third kappa shape index (κ3) is 3.95. The van der Waals surface area contributed by atoms with Crippen LogP contribution < -0.4 is 4.72 Å². The minimum absolute atomic E-state index is 0.216. The topological polar surface area (TPSA) is 83.1 Å². The summed E-state index contributed by atoms with van der Waals surface area (Å²) in [6.45, 7) is 5.83. The Labute approximate surface area is 155 Å². The normalized spacial score (nSPS) is 33.3. The lowest BCUT2D eigenvalue weighted by atomic mass is 9.94. The zero-order valence-corrected chi connectivity index (χ0v) is 16.4. The van der Waals surface area contributed by atoms with Crippen molar-refractivity contribution in [1.29, 1.82) is 0 Å². The summed E-state index contributed by atoms with van der Waals surface area (Å²) in [7, 11) is -2.12. The van der Waals surface area contributed by atoms with Crippen LogP contribution in [0.1, 0.15) is 32.8 Å². The van der Waals surface area contributed by atoms with Crippen molar-refractivity contribution in [3.63, 3.8) is 0 Å². The number of benzene rings is 1. The second kappa shape index (κ2) is 7.18. The van der Waals surface area contributed by atoms with Gasteiger partial charge in [-0.25, -0.2) is 13.1 Å². The summed E-state index contributed by atoms with van der Waals surface area (Å²) in [5.41, 5.74) is -0.0433. The molecule has 0 aromatic heterocycles. The molecular weight excluding hydrogens is 358 g/mol. The fourth-order valence-electron chi connectivity index (χ4n) is 3.55. The average molecular weight is 385 g/mol. The number of sulfonamides is 1. The van der Waals surface area contributed by atoms with Crippen LogP contribution in [0.4, 0.5) is 0 Å². The van der Waals surface area contributed by atoms with E-state index in [9.17, 15) is 8.42 Å². The largest absolute Gasteiger partial charge is 0.368 e. The highest BCUT2D eigenvalue weighted by Crippen LogP contribution is 2.45. The van der Waals surface area contributed by atoms with Gasteiger partial charge < -0.3 is 18.9 Å². The molecular formula is C18H27NO6S. The van der Waals surface area contributed by atoms with Gasteiger partial charge in [-0.3, -0.25) is 0 Å². The van der Waals surface area contributed by atoms with E-state index < -0.39 is 39.9 Å². The molecule has 4 atom stereocenters. The summed E-state index contributed by atoms with van der Waals surface area (Å²) < 4.78 is 51.0. The average Bonchev–Trinajstić information content (AvgIpc) is 3.02. The SMILES string of the molecule is CC[C@@]1(CS(=O)(=O)NC)O[C@@H]2OC(C)(C)O[C@H]2C1OCc1ccccc1. The van der Waals surface area contributed by atoms with Gasteiger partial charge >= 0.3 is 0 Å². The summed E-state index contributed by atoms with van der Waals surface area (Å²) in [6.07, 6.45) is -1.26. The van der Waals surface area contributed by atoms with E-state index in [-0.39, 0.29) is 5.75 Å². The lowest BCUT2D eigenvalue weighted by molar-refractivity contribution is -0.240. The lowest BCUT2D eigenvalue weighted by Gasteiger charge is -2.35. The van der Waals surface area contributed by atoms with E-state index >= 15 is 0 Å². The smallest absolute Gasteiger partial charge is 0.214 e. The van der Waals surface area contributed by atoms with Gasteiger partial charge in [0.15, 0.2) is 12.1 Å². The van der Waals surface area contributed by atoms with E-state index in [1.54, 1.807) is 13.8 Å². The Morgan fingerprint density at radius 1 is 1.15 bits per heavy atom. The van der Waals surface area contributed by atoms with Gasteiger partial charge in [-0.15, -0.1) is 0 Å². The van der Waals surface area contributed by atoms with Crippen LogP contribution in [0.3, 0.4) is 0 Å². The third-order valence-corrected chi connectivity index (χ3v) is 6.36. The lowest BCUT2D eigenvalue weighted by Crippen LogP contribution is -2.52. The molecule has 0 bridgehead atoms. The molecule has 26 heavy (non-hydrogen) atoms. The predicted molar refractivity (Wildman–Crippen MR) is 95.8 cm³/mol. The van der Waals surface area contributed by atoms with Gasteiger partial charge in [0, 0.05) is 0 Å². The van der Waals surface area contributed by atoms with Crippen LogP contribution in [0.15, 0.2) is 30.3 Å². The molecule has 1 aromatic carbocycles. The van der Waals surface area contributed by atoms with Crippen molar-refractivity contribution in [3.05, 3.63) is 35.9 Å². The Morgan fingerprint density at radius 3 is 2.46 bits per heavy atom. The fraction of sp³-hybridized carbons (Fsp3) is 0.667. The summed E-state index contributed by atoms with van der Waals surface area (Å²) in [5.74, 6) is -1.02. The van der Waals surface area contributed by atoms with Crippen molar-refractivity contribution in [2.45, 2.75) is 63.7 Å². The molecule has 2 fully saturated rings. The maximum absolute atomic E-state index is 12.3. The molecule has 0 amide bonds. The molecule has 0 spiro atoms. The Bertz CT molecular complexity index is 722. The van der Waals surface area contributed by atoms with Gasteiger partial charge in [0.2, 0.25) is 10.0 Å². The highest BCUT2D eigenvalue weighted by atomic mass is 32.2. The molecule has 0 aliphatic carbocycles. The highest BCUT2D eigenvalue weighted by Gasteiger charge is 2.62. The molecule has 1 unspecified atom stereocenters. The molecule has 2 aliphatic rings. The molecule has 2 heterocycles. The minimum Gasteiger partial charge on any atom is -0.368 e. The number of hydrogen-bond acceptors (Lipinski definition) is 6. The molecule has 2 aliphatic heterocycles.